The zero-order valence-electron chi connectivity index (χ0n) is 9.43. The first-order valence-corrected chi connectivity index (χ1v) is 6.17. The summed E-state index contributed by atoms with van der Waals surface area (Å²) in [7, 11) is 0. The molecule has 2 aromatic rings. The van der Waals surface area contributed by atoms with E-state index in [1.807, 2.05) is 0 Å². The van der Waals surface area contributed by atoms with E-state index in [-0.39, 0.29) is 21.3 Å². The van der Waals surface area contributed by atoms with E-state index < -0.39 is 17.6 Å². The molecule has 0 radical (unpaired) electrons. The molecule has 94 valence electrons. The van der Waals surface area contributed by atoms with Crippen molar-refractivity contribution in [2.45, 2.75) is 0 Å². The lowest BCUT2D eigenvalue weighted by Crippen LogP contribution is -2.29. The molecule has 0 saturated heterocycles. The SMILES string of the molecule is O=C1c2ccncc2C(=O)N1c1ccc(Br)c(F)c1. The maximum Gasteiger partial charge on any atom is 0.267 e. The molecule has 0 unspecified atom stereocenters. The Morgan fingerprint density at radius 1 is 1.11 bits per heavy atom. The fourth-order valence-electron chi connectivity index (χ4n) is 1.94. The number of carbonyl (C=O) groups is 2. The molecule has 19 heavy (non-hydrogen) atoms. The molecule has 2 amide bonds. The molecule has 0 aliphatic carbocycles. The van der Waals surface area contributed by atoms with E-state index in [0.29, 0.717) is 0 Å². The molecule has 0 fully saturated rings. The molecule has 4 nitrogen and oxygen atoms in total. The lowest BCUT2D eigenvalue weighted by atomic mass is 10.2. The number of halogens is 2. The average Bonchev–Trinajstić information content (AvgIpc) is 2.66. The van der Waals surface area contributed by atoms with Crippen molar-refractivity contribution in [3.63, 3.8) is 0 Å². The number of benzene rings is 1. The van der Waals surface area contributed by atoms with Gasteiger partial charge in [-0.3, -0.25) is 14.6 Å². The summed E-state index contributed by atoms with van der Waals surface area (Å²) in [5.74, 6) is -1.49. The van der Waals surface area contributed by atoms with Gasteiger partial charge in [-0.1, -0.05) is 0 Å². The Bertz CT molecular complexity index is 683. The Balaban J connectivity index is 2.11. The van der Waals surface area contributed by atoms with E-state index >= 15 is 0 Å². The maximum absolute atomic E-state index is 13.5. The van der Waals surface area contributed by atoms with E-state index in [1.165, 1.54) is 30.6 Å². The number of amides is 2. The maximum atomic E-state index is 13.5. The topological polar surface area (TPSA) is 50.3 Å². The lowest BCUT2D eigenvalue weighted by molar-refractivity contribution is 0.0926. The van der Waals surface area contributed by atoms with Gasteiger partial charge in [0.1, 0.15) is 5.82 Å². The van der Waals surface area contributed by atoms with Gasteiger partial charge >= 0.3 is 0 Å². The highest BCUT2D eigenvalue weighted by atomic mass is 79.9. The van der Waals surface area contributed by atoms with E-state index in [2.05, 4.69) is 20.9 Å². The highest BCUT2D eigenvalue weighted by Crippen LogP contribution is 2.29. The third kappa shape index (κ3) is 1.76. The van der Waals surface area contributed by atoms with Crippen LogP contribution in [0.4, 0.5) is 10.1 Å². The summed E-state index contributed by atoms with van der Waals surface area (Å²) in [6.07, 6.45) is 2.78. The van der Waals surface area contributed by atoms with Crippen LogP contribution in [0, 0.1) is 5.82 Å². The molecule has 1 aliphatic rings. The van der Waals surface area contributed by atoms with Crippen molar-refractivity contribution < 1.29 is 14.0 Å². The molecule has 1 aromatic heterocycles. The molecular formula is C13H6BrFN2O2. The van der Waals surface area contributed by atoms with Crippen LogP contribution in [0.3, 0.4) is 0 Å². The second-order valence-electron chi connectivity index (χ2n) is 3.97. The fraction of sp³-hybridized carbons (Fsp3) is 0. The first kappa shape index (κ1) is 12.0. The van der Waals surface area contributed by atoms with Gasteiger partial charge in [0, 0.05) is 12.4 Å². The first-order chi connectivity index (χ1) is 9.09. The fourth-order valence-corrected chi connectivity index (χ4v) is 2.19. The minimum Gasteiger partial charge on any atom is -0.268 e. The van der Waals surface area contributed by atoms with E-state index in [4.69, 9.17) is 0 Å². The van der Waals surface area contributed by atoms with Gasteiger partial charge in [-0.2, -0.15) is 0 Å². The van der Waals surface area contributed by atoms with Crippen LogP contribution in [-0.4, -0.2) is 16.8 Å². The predicted molar refractivity (Wildman–Crippen MR) is 69.5 cm³/mol. The van der Waals surface area contributed by atoms with Crippen LogP contribution in [0.1, 0.15) is 20.7 Å². The van der Waals surface area contributed by atoms with Crippen LogP contribution in [0.15, 0.2) is 41.1 Å². The number of aromatic nitrogens is 1. The average molecular weight is 321 g/mol. The Morgan fingerprint density at radius 3 is 2.53 bits per heavy atom. The summed E-state index contributed by atoms with van der Waals surface area (Å²) in [6, 6.07) is 5.57. The summed E-state index contributed by atoms with van der Waals surface area (Å²) >= 11 is 3.02. The van der Waals surface area contributed by atoms with E-state index in [1.54, 1.807) is 0 Å². The van der Waals surface area contributed by atoms with E-state index in [9.17, 15) is 14.0 Å². The molecule has 1 aromatic carbocycles. The molecule has 6 heteroatoms. The smallest absolute Gasteiger partial charge is 0.267 e. The third-order valence-corrected chi connectivity index (χ3v) is 3.49. The number of anilines is 1. The molecule has 0 spiro atoms. The lowest BCUT2D eigenvalue weighted by Gasteiger charge is -2.14. The molecule has 0 bridgehead atoms. The van der Waals surface area contributed by atoms with Crippen molar-refractivity contribution in [1.29, 1.82) is 0 Å². The van der Waals surface area contributed by atoms with Gasteiger partial charge < -0.3 is 0 Å². The van der Waals surface area contributed by atoms with Crippen molar-refractivity contribution in [2.75, 3.05) is 4.90 Å². The van der Waals surface area contributed by atoms with Gasteiger partial charge in [-0.05, 0) is 40.2 Å². The van der Waals surface area contributed by atoms with Crippen LogP contribution < -0.4 is 4.90 Å². The summed E-state index contributed by atoms with van der Waals surface area (Å²) in [4.78, 5) is 29.0. The minimum absolute atomic E-state index is 0.201. The van der Waals surface area contributed by atoms with Crippen LogP contribution in [0.5, 0.6) is 0 Å². The standard InChI is InChI=1S/C13H6BrFN2O2/c14-10-2-1-7(5-11(10)15)17-12(18)8-3-4-16-6-9(8)13(17)19/h1-6H. The van der Waals surface area contributed by atoms with Crippen molar-refractivity contribution >= 4 is 33.4 Å². The monoisotopic (exact) mass is 320 g/mol. The number of imide groups is 1. The van der Waals surface area contributed by atoms with Gasteiger partial charge in [0.2, 0.25) is 0 Å². The normalized spacial score (nSPS) is 13.9. The van der Waals surface area contributed by atoms with Crippen LogP contribution in [0.25, 0.3) is 0 Å². The summed E-state index contributed by atoms with van der Waals surface area (Å²) < 4.78 is 13.8. The summed E-state index contributed by atoms with van der Waals surface area (Å²) in [6.45, 7) is 0. The van der Waals surface area contributed by atoms with Crippen LogP contribution >= 0.6 is 15.9 Å². The Labute approximate surface area is 116 Å². The summed E-state index contributed by atoms with van der Waals surface area (Å²) in [5, 5.41) is 0. The number of hydrogen-bond donors (Lipinski definition) is 0. The van der Waals surface area contributed by atoms with Crippen molar-refractivity contribution in [1.82, 2.24) is 4.98 Å². The molecule has 0 atom stereocenters. The Morgan fingerprint density at radius 2 is 1.84 bits per heavy atom. The van der Waals surface area contributed by atoms with Gasteiger partial charge in [-0.15, -0.1) is 0 Å². The quantitative estimate of drug-likeness (QED) is 0.759. The number of pyridine rings is 1. The molecular weight excluding hydrogens is 315 g/mol. The van der Waals surface area contributed by atoms with Crippen LogP contribution in [0.2, 0.25) is 0 Å². The number of fused-ring (bicyclic) bond motifs is 1. The number of carbonyl (C=O) groups excluding carboxylic acids is 2. The van der Waals surface area contributed by atoms with Gasteiger partial charge in [0.05, 0.1) is 21.3 Å². The largest absolute Gasteiger partial charge is 0.268 e. The zero-order valence-corrected chi connectivity index (χ0v) is 11.0. The van der Waals surface area contributed by atoms with E-state index in [0.717, 1.165) is 11.0 Å². The van der Waals surface area contributed by atoms with Crippen molar-refractivity contribution in [3.05, 3.63) is 58.1 Å². The second-order valence-corrected chi connectivity index (χ2v) is 4.82. The van der Waals surface area contributed by atoms with Crippen LogP contribution in [-0.2, 0) is 0 Å². The molecule has 0 N–H and O–H groups in total. The predicted octanol–water partition coefficient (Wildman–Crippen LogP) is 2.78. The zero-order chi connectivity index (χ0) is 13.6. The molecule has 3 rings (SSSR count). The number of hydrogen-bond acceptors (Lipinski definition) is 3. The third-order valence-electron chi connectivity index (χ3n) is 2.85. The Hall–Kier alpha value is -2.08. The van der Waals surface area contributed by atoms with Gasteiger partial charge in [-0.25, -0.2) is 9.29 Å². The minimum atomic E-state index is -0.535. The molecule has 0 saturated carbocycles. The molecule has 2 heterocycles. The van der Waals surface area contributed by atoms with Crippen molar-refractivity contribution in [2.24, 2.45) is 0 Å². The first-order valence-electron chi connectivity index (χ1n) is 5.37. The molecule has 1 aliphatic heterocycles. The summed E-state index contributed by atoms with van der Waals surface area (Å²) in [5.41, 5.74) is 0.714. The Kier molecular flexibility index (Phi) is 2.67. The highest BCUT2D eigenvalue weighted by Gasteiger charge is 2.36. The van der Waals surface area contributed by atoms with Crippen molar-refractivity contribution in [3.8, 4) is 0 Å². The second kappa shape index (κ2) is 4.24. The number of nitrogens with zero attached hydrogens (tertiary/aromatic N) is 2. The van der Waals surface area contributed by atoms with Gasteiger partial charge in [0.25, 0.3) is 11.8 Å². The number of rotatable bonds is 1. The van der Waals surface area contributed by atoms with Gasteiger partial charge in [0.15, 0.2) is 0 Å². The highest BCUT2D eigenvalue weighted by molar-refractivity contribution is 9.10.